The van der Waals surface area contributed by atoms with Gasteiger partial charge in [-0.2, -0.15) is 0 Å². The molecule has 8 heteroatoms. The molecule has 1 amide bonds. The summed E-state index contributed by atoms with van der Waals surface area (Å²) in [6, 6.07) is 8.65. The number of rotatable bonds is 4. The predicted molar refractivity (Wildman–Crippen MR) is 59.3 cm³/mol. The van der Waals surface area contributed by atoms with Crippen LogP contribution in [0.2, 0.25) is 0 Å². The van der Waals surface area contributed by atoms with Gasteiger partial charge in [0, 0.05) is 12.7 Å². The highest BCUT2D eigenvalue weighted by Gasteiger charge is 2.17. The molecule has 0 atom stereocenters. The molecule has 1 aromatic carbocycles. The second-order valence-electron chi connectivity index (χ2n) is 3.04. The Morgan fingerprint density at radius 3 is 2.47 bits per heavy atom. The fourth-order valence-corrected chi connectivity index (χ4v) is 1.19. The molecule has 17 heavy (non-hydrogen) atoms. The van der Waals surface area contributed by atoms with E-state index in [1.165, 1.54) is 11.9 Å². The van der Waals surface area contributed by atoms with E-state index in [9.17, 15) is 9.36 Å². The van der Waals surface area contributed by atoms with Crippen molar-refractivity contribution in [1.82, 2.24) is 0 Å². The van der Waals surface area contributed by atoms with Crippen LogP contribution < -0.4 is 4.90 Å². The van der Waals surface area contributed by atoms with Crippen molar-refractivity contribution >= 4 is 19.6 Å². The molecular formula is C9H12NO6P. The Hall–Kier alpha value is -1.40. The van der Waals surface area contributed by atoms with Crippen LogP contribution in [0.25, 0.3) is 0 Å². The third-order valence-electron chi connectivity index (χ3n) is 1.82. The van der Waals surface area contributed by atoms with Gasteiger partial charge in [-0.3, -0.25) is 4.90 Å². The molecule has 0 saturated heterocycles. The maximum atomic E-state index is 11.4. The summed E-state index contributed by atoms with van der Waals surface area (Å²) in [4.78, 5) is 29.3. The van der Waals surface area contributed by atoms with Crippen molar-refractivity contribution in [3.8, 4) is 0 Å². The highest BCUT2D eigenvalue weighted by Crippen LogP contribution is 2.35. The molecule has 2 N–H and O–H groups in total. The third kappa shape index (κ3) is 4.97. The van der Waals surface area contributed by atoms with Gasteiger partial charge in [0.25, 0.3) is 0 Å². The maximum Gasteiger partial charge on any atom is 0.472 e. The lowest BCUT2D eigenvalue weighted by molar-refractivity contribution is 0.0440. The minimum Gasteiger partial charge on any atom is -0.421 e. The normalized spacial score (nSPS) is 11.0. The highest BCUT2D eigenvalue weighted by molar-refractivity contribution is 7.46. The summed E-state index contributed by atoms with van der Waals surface area (Å²) in [5, 5.41) is 0. The molecule has 0 aliphatic rings. The van der Waals surface area contributed by atoms with Gasteiger partial charge in [0.2, 0.25) is 6.79 Å². The average Bonchev–Trinajstić information content (AvgIpc) is 2.27. The number of hydrogen-bond donors (Lipinski definition) is 2. The number of phosphoric ester groups is 1. The van der Waals surface area contributed by atoms with E-state index in [-0.39, 0.29) is 0 Å². The van der Waals surface area contributed by atoms with Gasteiger partial charge < -0.3 is 14.5 Å². The first-order chi connectivity index (χ1) is 7.90. The summed E-state index contributed by atoms with van der Waals surface area (Å²) >= 11 is 0. The Labute approximate surface area is 97.8 Å². The van der Waals surface area contributed by atoms with Gasteiger partial charge in [-0.05, 0) is 12.1 Å². The molecule has 0 heterocycles. The van der Waals surface area contributed by atoms with Crippen LogP contribution in [0.1, 0.15) is 0 Å². The van der Waals surface area contributed by atoms with Crippen LogP contribution in [-0.4, -0.2) is 29.7 Å². The van der Waals surface area contributed by atoms with Crippen molar-refractivity contribution in [3.05, 3.63) is 30.3 Å². The SMILES string of the molecule is CN(C(=O)OCOP(=O)(O)O)c1ccccc1. The third-order valence-corrected chi connectivity index (χ3v) is 2.26. The first-order valence-corrected chi connectivity index (χ1v) is 6.09. The Morgan fingerprint density at radius 2 is 1.94 bits per heavy atom. The van der Waals surface area contributed by atoms with Crippen molar-refractivity contribution in [2.24, 2.45) is 0 Å². The van der Waals surface area contributed by atoms with Gasteiger partial charge >= 0.3 is 13.9 Å². The standard InChI is InChI=1S/C9H12NO6P/c1-10(8-5-3-2-4-6-8)9(11)15-7-16-17(12,13)14/h2-6H,7H2,1H3,(H2,12,13,14). The average molecular weight is 261 g/mol. The molecule has 7 nitrogen and oxygen atoms in total. The first kappa shape index (κ1) is 13.7. The molecule has 0 fully saturated rings. The van der Waals surface area contributed by atoms with E-state index < -0.39 is 20.7 Å². The van der Waals surface area contributed by atoms with Crippen LogP contribution in [0.3, 0.4) is 0 Å². The molecular weight excluding hydrogens is 249 g/mol. The van der Waals surface area contributed by atoms with E-state index in [2.05, 4.69) is 9.26 Å². The number of para-hydroxylation sites is 1. The Morgan fingerprint density at radius 1 is 1.35 bits per heavy atom. The molecule has 1 aromatic rings. The zero-order valence-corrected chi connectivity index (χ0v) is 9.91. The summed E-state index contributed by atoms with van der Waals surface area (Å²) in [5.41, 5.74) is 0.591. The lowest BCUT2D eigenvalue weighted by Crippen LogP contribution is -2.27. The Bertz CT molecular complexity index is 417. The van der Waals surface area contributed by atoms with Gasteiger partial charge in [0.1, 0.15) is 0 Å². The quantitative estimate of drug-likeness (QED) is 0.626. The molecule has 0 saturated carbocycles. The van der Waals surface area contributed by atoms with E-state index in [1.807, 2.05) is 0 Å². The number of ether oxygens (including phenoxy) is 1. The summed E-state index contributed by atoms with van der Waals surface area (Å²) in [7, 11) is -3.15. The van der Waals surface area contributed by atoms with Crippen molar-refractivity contribution in [3.63, 3.8) is 0 Å². The largest absolute Gasteiger partial charge is 0.472 e. The van der Waals surface area contributed by atoms with Crippen LogP contribution in [-0.2, 0) is 13.8 Å². The minimum atomic E-state index is -4.62. The Kier molecular flexibility index (Phi) is 4.65. The summed E-state index contributed by atoms with van der Waals surface area (Å²) < 4.78 is 18.8. The van der Waals surface area contributed by atoms with Crippen LogP contribution in [0.5, 0.6) is 0 Å². The fourth-order valence-electron chi connectivity index (χ4n) is 0.999. The van der Waals surface area contributed by atoms with E-state index >= 15 is 0 Å². The van der Waals surface area contributed by atoms with E-state index in [0.717, 1.165) is 0 Å². The van der Waals surface area contributed by atoms with Gasteiger partial charge in [-0.25, -0.2) is 13.9 Å². The number of carbonyl (C=O) groups is 1. The van der Waals surface area contributed by atoms with Crippen molar-refractivity contribution in [2.75, 3.05) is 18.7 Å². The summed E-state index contributed by atoms with van der Waals surface area (Å²) in [6.07, 6.45) is -0.773. The second kappa shape index (κ2) is 5.79. The monoisotopic (exact) mass is 261 g/mol. The molecule has 0 bridgehead atoms. The lowest BCUT2D eigenvalue weighted by Gasteiger charge is -2.16. The molecule has 0 aliphatic heterocycles. The van der Waals surface area contributed by atoms with Crippen LogP contribution >= 0.6 is 7.82 Å². The topological polar surface area (TPSA) is 96.3 Å². The van der Waals surface area contributed by atoms with Gasteiger partial charge in [-0.1, -0.05) is 18.2 Å². The second-order valence-corrected chi connectivity index (χ2v) is 4.28. The molecule has 0 radical (unpaired) electrons. The minimum absolute atomic E-state index is 0.591. The zero-order valence-electron chi connectivity index (χ0n) is 9.02. The predicted octanol–water partition coefficient (Wildman–Crippen LogP) is 1.33. The van der Waals surface area contributed by atoms with E-state index in [4.69, 9.17) is 9.79 Å². The zero-order chi connectivity index (χ0) is 12.9. The molecule has 94 valence electrons. The lowest BCUT2D eigenvalue weighted by atomic mass is 10.3. The summed E-state index contributed by atoms with van der Waals surface area (Å²) in [6.45, 7) is -0.805. The number of benzene rings is 1. The molecule has 0 spiro atoms. The van der Waals surface area contributed by atoms with Gasteiger partial charge in [0.05, 0.1) is 0 Å². The smallest absolute Gasteiger partial charge is 0.421 e. The number of anilines is 1. The number of carbonyl (C=O) groups excluding carboxylic acids is 1. The first-order valence-electron chi connectivity index (χ1n) is 4.56. The van der Waals surface area contributed by atoms with Crippen LogP contribution in [0, 0.1) is 0 Å². The van der Waals surface area contributed by atoms with Crippen LogP contribution in [0.15, 0.2) is 30.3 Å². The highest BCUT2D eigenvalue weighted by atomic mass is 31.2. The van der Waals surface area contributed by atoms with Crippen molar-refractivity contribution in [2.45, 2.75) is 0 Å². The molecule has 0 unspecified atom stereocenters. The molecule has 1 rings (SSSR count). The van der Waals surface area contributed by atoms with Gasteiger partial charge in [-0.15, -0.1) is 0 Å². The van der Waals surface area contributed by atoms with E-state index in [0.29, 0.717) is 5.69 Å². The molecule has 0 aliphatic carbocycles. The van der Waals surface area contributed by atoms with Crippen molar-refractivity contribution in [1.29, 1.82) is 0 Å². The Balaban J connectivity index is 2.46. The number of nitrogens with zero attached hydrogens (tertiary/aromatic N) is 1. The van der Waals surface area contributed by atoms with Crippen molar-refractivity contribution < 1.29 is 28.4 Å². The molecule has 0 aromatic heterocycles. The maximum absolute atomic E-state index is 11.4. The number of amides is 1. The number of phosphoric acid groups is 1. The summed E-state index contributed by atoms with van der Waals surface area (Å²) in [5.74, 6) is 0. The van der Waals surface area contributed by atoms with E-state index in [1.54, 1.807) is 30.3 Å². The van der Waals surface area contributed by atoms with Crippen LogP contribution in [0.4, 0.5) is 10.5 Å². The fraction of sp³-hybridized carbons (Fsp3) is 0.222. The number of hydrogen-bond acceptors (Lipinski definition) is 4. The van der Waals surface area contributed by atoms with Gasteiger partial charge in [0.15, 0.2) is 0 Å².